The van der Waals surface area contributed by atoms with Gasteiger partial charge in [0, 0.05) is 32.1 Å². The van der Waals surface area contributed by atoms with E-state index in [-0.39, 0.29) is 5.91 Å². The third-order valence-corrected chi connectivity index (χ3v) is 4.60. The van der Waals surface area contributed by atoms with Crippen LogP contribution in [0.25, 0.3) is 11.4 Å². The van der Waals surface area contributed by atoms with Gasteiger partial charge in [-0.3, -0.25) is 14.3 Å². The standard InChI is InChI=1S/C18H19N5OS/c1-22(2)16(24)13-25-18-21-20-17(15-9-6-10-19-11-15)23(18)12-14-7-4-3-5-8-14/h3-11H,12-13H2,1-2H3. The van der Waals surface area contributed by atoms with E-state index in [9.17, 15) is 4.79 Å². The molecule has 1 aromatic carbocycles. The highest BCUT2D eigenvalue weighted by atomic mass is 32.2. The fourth-order valence-electron chi connectivity index (χ4n) is 2.27. The number of hydrogen-bond acceptors (Lipinski definition) is 5. The highest BCUT2D eigenvalue weighted by molar-refractivity contribution is 7.99. The Labute approximate surface area is 150 Å². The number of hydrogen-bond donors (Lipinski definition) is 0. The minimum atomic E-state index is 0.0437. The van der Waals surface area contributed by atoms with Crippen LogP contribution in [0.15, 0.2) is 60.0 Å². The second-order valence-electron chi connectivity index (χ2n) is 5.70. The largest absolute Gasteiger partial charge is 0.348 e. The monoisotopic (exact) mass is 353 g/mol. The summed E-state index contributed by atoms with van der Waals surface area (Å²) in [4.78, 5) is 17.6. The number of benzene rings is 1. The van der Waals surface area contributed by atoms with Gasteiger partial charge in [-0.2, -0.15) is 0 Å². The third-order valence-electron chi connectivity index (χ3n) is 3.64. The number of rotatable bonds is 6. The van der Waals surface area contributed by atoms with Gasteiger partial charge in [-0.1, -0.05) is 42.1 Å². The molecule has 0 aliphatic rings. The number of pyridine rings is 1. The average molecular weight is 353 g/mol. The van der Waals surface area contributed by atoms with Crippen LogP contribution in [0.4, 0.5) is 0 Å². The maximum Gasteiger partial charge on any atom is 0.232 e. The second kappa shape index (κ2) is 7.94. The van der Waals surface area contributed by atoms with Crippen molar-refractivity contribution in [1.29, 1.82) is 0 Å². The van der Waals surface area contributed by atoms with Crippen LogP contribution < -0.4 is 0 Å². The number of amides is 1. The van der Waals surface area contributed by atoms with Crippen molar-refractivity contribution in [2.24, 2.45) is 0 Å². The molecular weight excluding hydrogens is 334 g/mol. The van der Waals surface area contributed by atoms with Crippen LogP contribution in [0.5, 0.6) is 0 Å². The van der Waals surface area contributed by atoms with Crippen LogP contribution in [-0.2, 0) is 11.3 Å². The maximum absolute atomic E-state index is 11.9. The molecule has 3 aromatic rings. The molecule has 0 fully saturated rings. The maximum atomic E-state index is 11.9. The molecule has 128 valence electrons. The van der Waals surface area contributed by atoms with Gasteiger partial charge < -0.3 is 4.90 Å². The molecule has 0 bridgehead atoms. The molecule has 2 heterocycles. The summed E-state index contributed by atoms with van der Waals surface area (Å²) in [6.45, 7) is 0.635. The van der Waals surface area contributed by atoms with Crippen molar-refractivity contribution in [3.63, 3.8) is 0 Å². The van der Waals surface area contributed by atoms with Gasteiger partial charge in [0.2, 0.25) is 5.91 Å². The van der Waals surface area contributed by atoms with Crippen LogP contribution in [0.2, 0.25) is 0 Å². The fraction of sp³-hybridized carbons (Fsp3) is 0.222. The van der Waals surface area contributed by atoms with Crippen molar-refractivity contribution < 1.29 is 4.79 Å². The summed E-state index contributed by atoms with van der Waals surface area (Å²) < 4.78 is 2.03. The first-order chi connectivity index (χ1) is 12.1. The Morgan fingerprint density at radius 2 is 1.92 bits per heavy atom. The highest BCUT2D eigenvalue weighted by Crippen LogP contribution is 2.24. The van der Waals surface area contributed by atoms with Crippen LogP contribution in [0.3, 0.4) is 0 Å². The molecule has 0 saturated carbocycles. The SMILES string of the molecule is CN(C)C(=O)CSc1nnc(-c2cccnc2)n1Cc1ccccc1. The first-order valence-corrected chi connectivity index (χ1v) is 8.84. The van der Waals surface area contributed by atoms with Gasteiger partial charge in [-0.25, -0.2) is 0 Å². The van der Waals surface area contributed by atoms with Crippen LogP contribution >= 0.6 is 11.8 Å². The Morgan fingerprint density at radius 3 is 2.60 bits per heavy atom. The molecule has 6 nitrogen and oxygen atoms in total. The van der Waals surface area contributed by atoms with Crippen molar-refractivity contribution in [3.8, 4) is 11.4 Å². The van der Waals surface area contributed by atoms with Crippen LogP contribution in [0, 0.1) is 0 Å². The Morgan fingerprint density at radius 1 is 1.12 bits per heavy atom. The predicted molar refractivity (Wildman–Crippen MR) is 98.2 cm³/mol. The first-order valence-electron chi connectivity index (χ1n) is 7.85. The quantitative estimate of drug-likeness (QED) is 0.637. The Hall–Kier alpha value is -2.67. The van der Waals surface area contributed by atoms with E-state index in [0.717, 1.165) is 22.1 Å². The molecule has 1 amide bonds. The van der Waals surface area contributed by atoms with E-state index in [1.54, 1.807) is 31.4 Å². The summed E-state index contributed by atoms with van der Waals surface area (Å²) in [5.74, 6) is 1.12. The molecule has 0 aliphatic carbocycles. The minimum absolute atomic E-state index is 0.0437. The van der Waals surface area contributed by atoms with Gasteiger partial charge in [-0.05, 0) is 17.7 Å². The Balaban J connectivity index is 1.92. The highest BCUT2D eigenvalue weighted by Gasteiger charge is 2.16. The molecule has 3 rings (SSSR count). The lowest BCUT2D eigenvalue weighted by atomic mass is 10.2. The lowest BCUT2D eigenvalue weighted by Crippen LogP contribution is -2.23. The predicted octanol–water partition coefficient (Wildman–Crippen LogP) is 2.57. The summed E-state index contributed by atoms with van der Waals surface area (Å²) >= 11 is 1.40. The topological polar surface area (TPSA) is 63.9 Å². The number of carbonyl (C=O) groups excluding carboxylic acids is 1. The van der Waals surface area contributed by atoms with Gasteiger partial charge in [0.15, 0.2) is 11.0 Å². The van der Waals surface area contributed by atoms with E-state index in [0.29, 0.717) is 12.3 Å². The molecule has 0 saturated heterocycles. The van der Waals surface area contributed by atoms with Crippen molar-refractivity contribution >= 4 is 17.7 Å². The van der Waals surface area contributed by atoms with E-state index in [1.807, 2.05) is 34.9 Å². The molecule has 0 radical (unpaired) electrons. The van der Waals surface area contributed by atoms with Gasteiger partial charge in [0.25, 0.3) is 0 Å². The fourth-order valence-corrected chi connectivity index (χ4v) is 3.18. The van der Waals surface area contributed by atoms with Crippen molar-refractivity contribution in [1.82, 2.24) is 24.6 Å². The third kappa shape index (κ3) is 4.24. The lowest BCUT2D eigenvalue weighted by Gasteiger charge is -2.12. The minimum Gasteiger partial charge on any atom is -0.348 e. The van der Waals surface area contributed by atoms with E-state index in [1.165, 1.54) is 11.8 Å². The zero-order valence-electron chi connectivity index (χ0n) is 14.2. The van der Waals surface area contributed by atoms with Gasteiger partial charge >= 0.3 is 0 Å². The number of aromatic nitrogens is 4. The summed E-state index contributed by atoms with van der Waals surface area (Å²) in [6.07, 6.45) is 3.50. The van der Waals surface area contributed by atoms with Crippen LogP contribution in [-0.4, -0.2) is 50.4 Å². The van der Waals surface area contributed by atoms with E-state index >= 15 is 0 Å². The molecule has 0 N–H and O–H groups in total. The number of carbonyl (C=O) groups is 1. The van der Waals surface area contributed by atoms with Crippen molar-refractivity contribution in [3.05, 3.63) is 60.4 Å². The normalized spacial score (nSPS) is 10.6. The first kappa shape index (κ1) is 17.2. The van der Waals surface area contributed by atoms with Crippen LogP contribution in [0.1, 0.15) is 5.56 Å². The Kier molecular flexibility index (Phi) is 5.45. The Bertz CT molecular complexity index is 833. The lowest BCUT2D eigenvalue weighted by molar-refractivity contribution is -0.125. The van der Waals surface area contributed by atoms with Crippen molar-refractivity contribution in [2.45, 2.75) is 11.7 Å². The van der Waals surface area contributed by atoms with E-state index in [4.69, 9.17) is 0 Å². The number of nitrogens with zero attached hydrogens (tertiary/aromatic N) is 5. The van der Waals surface area contributed by atoms with E-state index < -0.39 is 0 Å². The molecular formula is C18H19N5OS. The molecule has 0 atom stereocenters. The zero-order chi connectivity index (χ0) is 17.6. The number of thioether (sulfide) groups is 1. The second-order valence-corrected chi connectivity index (χ2v) is 6.64. The smallest absolute Gasteiger partial charge is 0.232 e. The molecule has 2 aromatic heterocycles. The van der Waals surface area contributed by atoms with Crippen molar-refractivity contribution in [2.75, 3.05) is 19.8 Å². The molecule has 0 unspecified atom stereocenters. The summed E-state index contributed by atoms with van der Waals surface area (Å²) in [5.41, 5.74) is 2.05. The summed E-state index contributed by atoms with van der Waals surface area (Å²) in [5, 5.41) is 9.35. The summed E-state index contributed by atoms with van der Waals surface area (Å²) in [7, 11) is 3.50. The summed E-state index contributed by atoms with van der Waals surface area (Å²) in [6, 6.07) is 14.0. The molecule has 7 heteroatoms. The molecule has 0 spiro atoms. The van der Waals surface area contributed by atoms with E-state index in [2.05, 4.69) is 27.3 Å². The van der Waals surface area contributed by atoms with Gasteiger partial charge in [0.05, 0.1) is 12.3 Å². The molecule has 25 heavy (non-hydrogen) atoms. The van der Waals surface area contributed by atoms with Gasteiger partial charge in [-0.15, -0.1) is 10.2 Å². The van der Waals surface area contributed by atoms with Gasteiger partial charge in [0.1, 0.15) is 0 Å². The average Bonchev–Trinajstić information content (AvgIpc) is 3.03. The molecule has 0 aliphatic heterocycles. The zero-order valence-corrected chi connectivity index (χ0v) is 15.0.